The second-order valence-electron chi connectivity index (χ2n) is 3.36. The van der Waals surface area contributed by atoms with Gasteiger partial charge in [-0.15, -0.1) is 0 Å². The van der Waals surface area contributed by atoms with Gasteiger partial charge in [-0.1, -0.05) is 13.0 Å². The van der Waals surface area contributed by atoms with Crippen molar-refractivity contribution < 1.29 is 8.42 Å². The predicted octanol–water partition coefficient (Wildman–Crippen LogP) is 0.458. The van der Waals surface area contributed by atoms with Crippen LogP contribution in [0.15, 0.2) is 24.5 Å². The molecule has 0 saturated carbocycles. The van der Waals surface area contributed by atoms with Crippen molar-refractivity contribution >= 4 is 10.2 Å². The maximum Gasteiger partial charge on any atom is 0.276 e. The van der Waals surface area contributed by atoms with Gasteiger partial charge in [-0.25, -0.2) is 9.44 Å². The van der Waals surface area contributed by atoms with Crippen LogP contribution < -0.4 is 9.44 Å². The van der Waals surface area contributed by atoms with E-state index >= 15 is 0 Å². The van der Waals surface area contributed by atoms with Gasteiger partial charge in [-0.05, 0) is 24.5 Å². The van der Waals surface area contributed by atoms with Crippen LogP contribution in [0.3, 0.4) is 0 Å². The number of rotatable bonds is 7. The van der Waals surface area contributed by atoms with Crippen molar-refractivity contribution in [3.8, 4) is 0 Å². The van der Waals surface area contributed by atoms with Gasteiger partial charge < -0.3 is 0 Å². The SMILES string of the molecule is CCNS(=O)(=O)NCCCc1cccnc1. The number of nitrogens with zero attached hydrogens (tertiary/aromatic N) is 1. The Kier molecular flexibility index (Phi) is 5.37. The second-order valence-corrected chi connectivity index (χ2v) is 4.94. The van der Waals surface area contributed by atoms with Crippen molar-refractivity contribution in [2.75, 3.05) is 13.1 Å². The van der Waals surface area contributed by atoms with E-state index in [1.54, 1.807) is 19.3 Å². The average molecular weight is 243 g/mol. The molecule has 0 fully saturated rings. The molecule has 2 N–H and O–H groups in total. The van der Waals surface area contributed by atoms with Crippen molar-refractivity contribution in [1.29, 1.82) is 0 Å². The number of hydrogen-bond donors (Lipinski definition) is 2. The third-order valence-electron chi connectivity index (χ3n) is 1.99. The van der Waals surface area contributed by atoms with Crippen molar-refractivity contribution in [2.24, 2.45) is 0 Å². The molecule has 0 aromatic carbocycles. The van der Waals surface area contributed by atoms with Crippen LogP contribution in [-0.2, 0) is 16.6 Å². The fourth-order valence-corrected chi connectivity index (χ4v) is 2.18. The monoisotopic (exact) mass is 243 g/mol. The van der Waals surface area contributed by atoms with Crippen LogP contribution in [0.25, 0.3) is 0 Å². The first-order chi connectivity index (χ1) is 7.64. The number of aromatic nitrogens is 1. The third-order valence-corrected chi connectivity index (χ3v) is 3.24. The lowest BCUT2D eigenvalue weighted by atomic mass is 10.2. The Morgan fingerprint density at radius 2 is 2.19 bits per heavy atom. The number of aryl methyl sites for hydroxylation is 1. The molecule has 0 radical (unpaired) electrons. The van der Waals surface area contributed by atoms with Crippen molar-refractivity contribution in [2.45, 2.75) is 19.8 Å². The summed E-state index contributed by atoms with van der Waals surface area (Å²) in [7, 11) is -3.30. The largest absolute Gasteiger partial charge is 0.276 e. The number of pyridine rings is 1. The Balaban J connectivity index is 2.22. The van der Waals surface area contributed by atoms with Gasteiger partial charge in [0.15, 0.2) is 0 Å². The molecular weight excluding hydrogens is 226 g/mol. The first-order valence-electron chi connectivity index (χ1n) is 5.27. The molecule has 90 valence electrons. The Labute approximate surface area is 96.5 Å². The first kappa shape index (κ1) is 13.1. The molecule has 6 heteroatoms. The van der Waals surface area contributed by atoms with E-state index < -0.39 is 10.2 Å². The molecule has 0 aliphatic rings. The molecule has 0 atom stereocenters. The summed E-state index contributed by atoms with van der Waals surface area (Å²) < 4.78 is 27.3. The van der Waals surface area contributed by atoms with Gasteiger partial charge in [0.05, 0.1) is 0 Å². The molecule has 0 aliphatic carbocycles. The van der Waals surface area contributed by atoms with Crippen molar-refractivity contribution in [3.63, 3.8) is 0 Å². The van der Waals surface area contributed by atoms with Gasteiger partial charge in [-0.3, -0.25) is 4.98 Å². The minimum absolute atomic E-state index is 0.401. The van der Waals surface area contributed by atoms with E-state index in [0.29, 0.717) is 13.1 Å². The summed E-state index contributed by atoms with van der Waals surface area (Å²) in [5, 5.41) is 0. The Bertz CT molecular complexity index is 392. The van der Waals surface area contributed by atoms with Crippen LogP contribution in [0.4, 0.5) is 0 Å². The van der Waals surface area contributed by atoms with E-state index in [4.69, 9.17) is 0 Å². The number of nitrogens with one attached hydrogen (secondary N) is 2. The first-order valence-corrected chi connectivity index (χ1v) is 6.75. The summed E-state index contributed by atoms with van der Waals surface area (Å²) in [6.45, 7) is 2.58. The zero-order valence-electron chi connectivity index (χ0n) is 9.31. The minimum atomic E-state index is -3.30. The zero-order valence-corrected chi connectivity index (χ0v) is 10.1. The molecule has 0 unspecified atom stereocenters. The summed E-state index contributed by atoms with van der Waals surface area (Å²) in [6, 6.07) is 3.85. The maximum atomic E-state index is 11.2. The van der Waals surface area contributed by atoms with Gasteiger partial charge in [0.25, 0.3) is 10.2 Å². The molecular formula is C10H17N3O2S. The highest BCUT2D eigenvalue weighted by Crippen LogP contribution is 1.99. The molecule has 1 aromatic rings. The van der Waals surface area contributed by atoms with E-state index in [2.05, 4.69) is 14.4 Å². The average Bonchev–Trinajstić information content (AvgIpc) is 2.26. The normalized spacial score (nSPS) is 11.6. The van der Waals surface area contributed by atoms with E-state index in [1.165, 1.54) is 0 Å². The standard InChI is InChI=1S/C10H17N3O2S/c1-2-12-16(14,15)13-8-4-6-10-5-3-7-11-9-10/h3,5,7,9,12-13H,2,4,6,8H2,1H3. The lowest BCUT2D eigenvalue weighted by Crippen LogP contribution is -2.36. The fraction of sp³-hybridized carbons (Fsp3) is 0.500. The summed E-state index contributed by atoms with van der Waals surface area (Å²) in [6.07, 6.45) is 5.09. The summed E-state index contributed by atoms with van der Waals surface area (Å²) in [5.74, 6) is 0. The van der Waals surface area contributed by atoms with E-state index in [1.807, 2.05) is 12.1 Å². The molecule has 0 aliphatic heterocycles. The Morgan fingerprint density at radius 1 is 1.38 bits per heavy atom. The molecule has 0 saturated heterocycles. The summed E-state index contributed by atoms with van der Waals surface area (Å²) >= 11 is 0. The van der Waals surface area contributed by atoms with E-state index in [-0.39, 0.29) is 0 Å². The molecule has 1 heterocycles. The Morgan fingerprint density at radius 3 is 2.81 bits per heavy atom. The van der Waals surface area contributed by atoms with Crippen LogP contribution >= 0.6 is 0 Å². The van der Waals surface area contributed by atoms with E-state index in [0.717, 1.165) is 18.4 Å². The van der Waals surface area contributed by atoms with Gasteiger partial charge >= 0.3 is 0 Å². The second kappa shape index (κ2) is 6.57. The third kappa shape index (κ3) is 5.20. The predicted molar refractivity (Wildman–Crippen MR) is 63.2 cm³/mol. The molecule has 0 spiro atoms. The molecule has 5 nitrogen and oxygen atoms in total. The lowest BCUT2D eigenvalue weighted by molar-refractivity contribution is 0.566. The van der Waals surface area contributed by atoms with Gasteiger partial charge in [0.2, 0.25) is 0 Å². The highest BCUT2D eigenvalue weighted by Gasteiger charge is 2.05. The Hall–Kier alpha value is -0.980. The van der Waals surface area contributed by atoms with Crippen LogP contribution in [0.2, 0.25) is 0 Å². The quantitative estimate of drug-likeness (QED) is 0.683. The fourth-order valence-electron chi connectivity index (χ4n) is 1.29. The van der Waals surface area contributed by atoms with Crippen LogP contribution in [0, 0.1) is 0 Å². The minimum Gasteiger partial charge on any atom is -0.264 e. The zero-order chi connectivity index (χ0) is 11.9. The van der Waals surface area contributed by atoms with Gasteiger partial charge in [-0.2, -0.15) is 8.42 Å². The summed E-state index contributed by atoms with van der Waals surface area (Å²) in [4.78, 5) is 3.99. The van der Waals surface area contributed by atoms with Crippen molar-refractivity contribution in [1.82, 2.24) is 14.4 Å². The maximum absolute atomic E-state index is 11.2. The van der Waals surface area contributed by atoms with Crippen molar-refractivity contribution in [3.05, 3.63) is 30.1 Å². The number of hydrogen-bond acceptors (Lipinski definition) is 3. The van der Waals surface area contributed by atoms with Crippen LogP contribution in [-0.4, -0.2) is 26.5 Å². The molecule has 1 aromatic heterocycles. The highest BCUT2D eigenvalue weighted by molar-refractivity contribution is 7.87. The van der Waals surface area contributed by atoms with Crippen LogP contribution in [0.1, 0.15) is 18.9 Å². The highest BCUT2D eigenvalue weighted by atomic mass is 32.2. The van der Waals surface area contributed by atoms with Gasteiger partial charge in [0.1, 0.15) is 0 Å². The molecule has 1 rings (SSSR count). The topological polar surface area (TPSA) is 71.1 Å². The molecule has 0 bridgehead atoms. The molecule has 16 heavy (non-hydrogen) atoms. The van der Waals surface area contributed by atoms with E-state index in [9.17, 15) is 8.42 Å². The molecule has 0 amide bonds. The lowest BCUT2D eigenvalue weighted by Gasteiger charge is -2.06. The van der Waals surface area contributed by atoms with Gasteiger partial charge in [0, 0.05) is 25.5 Å². The smallest absolute Gasteiger partial charge is 0.264 e. The summed E-state index contributed by atoms with van der Waals surface area (Å²) in [5.41, 5.74) is 1.12. The van der Waals surface area contributed by atoms with Crippen LogP contribution in [0.5, 0.6) is 0 Å².